The first-order chi connectivity index (χ1) is 5.66. The largest absolute Gasteiger partial charge is 0.393 e. The lowest BCUT2D eigenvalue weighted by molar-refractivity contribution is -0.0409. The number of rotatable bonds is 1. The van der Waals surface area contributed by atoms with E-state index < -0.39 is 5.60 Å². The van der Waals surface area contributed by atoms with E-state index in [-0.39, 0.29) is 12.7 Å². The summed E-state index contributed by atoms with van der Waals surface area (Å²) in [4.78, 5) is 0. The summed E-state index contributed by atoms with van der Waals surface area (Å²) in [6.07, 6.45) is 4.13. The Balaban J connectivity index is 2.40. The fourth-order valence-corrected chi connectivity index (χ4v) is 1.76. The van der Waals surface area contributed by atoms with Crippen molar-refractivity contribution in [3.63, 3.8) is 0 Å². The lowest BCUT2D eigenvalue weighted by atomic mass is 9.87. The zero-order chi connectivity index (χ0) is 9.03. The minimum atomic E-state index is -0.875. The Labute approximate surface area is 73.0 Å². The molecule has 3 nitrogen and oxygen atoms in total. The van der Waals surface area contributed by atoms with E-state index in [0.29, 0.717) is 12.8 Å². The molecule has 1 aliphatic carbocycles. The molecule has 0 amide bonds. The Morgan fingerprint density at radius 1 is 1.17 bits per heavy atom. The van der Waals surface area contributed by atoms with Crippen LogP contribution in [0.25, 0.3) is 0 Å². The zero-order valence-electron chi connectivity index (χ0n) is 7.37. The highest BCUT2D eigenvalue weighted by atomic mass is 16.3. The first-order valence-electron chi connectivity index (χ1n) is 4.68. The molecule has 0 radical (unpaired) electrons. The molecule has 0 spiro atoms. The van der Waals surface area contributed by atoms with Crippen molar-refractivity contribution in [1.29, 1.82) is 0 Å². The summed E-state index contributed by atoms with van der Waals surface area (Å²) in [5, 5.41) is 28.0. The number of hydrogen-bond donors (Lipinski definition) is 3. The van der Waals surface area contributed by atoms with Gasteiger partial charge in [-0.2, -0.15) is 0 Å². The summed E-state index contributed by atoms with van der Waals surface area (Å²) in [5.74, 6) is 0. The Bertz CT molecular complexity index is 126. The van der Waals surface area contributed by atoms with Gasteiger partial charge in [0.1, 0.15) is 0 Å². The molecule has 0 aliphatic heterocycles. The van der Waals surface area contributed by atoms with Crippen molar-refractivity contribution in [2.45, 2.75) is 50.2 Å². The van der Waals surface area contributed by atoms with Crippen LogP contribution in [0, 0.1) is 0 Å². The van der Waals surface area contributed by atoms with Gasteiger partial charge in [0.05, 0.1) is 18.3 Å². The van der Waals surface area contributed by atoms with E-state index in [4.69, 9.17) is 5.11 Å². The molecule has 3 heteroatoms. The van der Waals surface area contributed by atoms with Crippen molar-refractivity contribution in [1.82, 2.24) is 0 Å². The molecule has 0 atom stereocenters. The molecule has 0 heterocycles. The SMILES string of the molecule is OCC1(O)CCCC(O)CCC1. The highest BCUT2D eigenvalue weighted by molar-refractivity contribution is 4.80. The van der Waals surface area contributed by atoms with Gasteiger partial charge in [0.2, 0.25) is 0 Å². The Morgan fingerprint density at radius 3 is 2.08 bits per heavy atom. The van der Waals surface area contributed by atoms with Crippen molar-refractivity contribution in [3.8, 4) is 0 Å². The van der Waals surface area contributed by atoms with Crippen LogP contribution in [0.3, 0.4) is 0 Å². The molecule has 1 saturated carbocycles. The fourth-order valence-electron chi connectivity index (χ4n) is 1.76. The third-order valence-electron chi connectivity index (χ3n) is 2.65. The number of aliphatic hydroxyl groups is 3. The van der Waals surface area contributed by atoms with Gasteiger partial charge in [-0.15, -0.1) is 0 Å². The van der Waals surface area contributed by atoms with Crippen LogP contribution in [0.4, 0.5) is 0 Å². The fraction of sp³-hybridized carbons (Fsp3) is 1.00. The summed E-state index contributed by atoms with van der Waals surface area (Å²) in [5.41, 5.74) is -0.875. The quantitative estimate of drug-likeness (QED) is 0.540. The van der Waals surface area contributed by atoms with Gasteiger partial charge in [0.25, 0.3) is 0 Å². The van der Waals surface area contributed by atoms with Gasteiger partial charge >= 0.3 is 0 Å². The summed E-state index contributed by atoms with van der Waals surface area (Å²) < 4.78 is 0. The van der Waals surface area contributed by atoms with Crippen molar-refractivity contribution in [2.75, 3.05) is 6.61 Å². The zero-order valence-corrected chi connectivity index (χ0v) is 7.37. The lowest BCUT2D eigenvalue weighted by Gasteiger charge is -2.29. The molecule has 0 saturated heterocycles. The Kier molecular flexibility index (Phi) is 3.50. The maximum absolute atomic E-state index is 9.74. The maximum Gasteiger partial charge on any atom is 0.0877 e. The first-order valence-corrected chi connectivity index (χ1v) is 4.68. The molecule has 3 N–H and O–H groups in total. The molecule has 12 heavy (non-hydrogen) atoms. The van der Waals surface area contributed by atoms with Crippen LogP contribution >= 0.6 is 0 Å². The average molecular weight is 174 g/mol. The molecular formula is C9H18O3. The van der Waals surface area contributed by atoms with E-state index >= 15 is 0 Å². The minimum absolute atomic E-state index is 0.150. The van der Waals surface area contributed by atoms with Crippen LogP contribution in [-0.4, -0.2) is 33.6 Å². The molecule has 1 rings (SSSR count). The van der Waals surface area contributed by atoms with Crippen molar-refractivity contribution >= 4 is 0 Å². The van der Waals surface area contributed by atoms with Gasteiger partial charge in [-0.25, -0.2) is 0 Å². The minimum Gasteiger partial charge on any atom is -0.393 e. The molecule has 1 aliphatic rings. The second kappa shape index (κ2) is 4.21. The van der Waals surface area contributed by atoms with Crippen LogP contribution in [-0.2, 0) is 0 Å². The summed E-state index contributed by atoms with van der Waals surface area (Å²) in [6, 6.07) is 0. The van der Waals surface area contributed by atoms with Crippen molar-refractivity contribution in [3.05, 3.63) is 0 Å². The van der Waals surface area contributed by atoms with Crippen LogP contribution in [0.2, 0.25) is 0 Å². The molecular weight excluding hydrogens is 156 g/mol. The Morgan fingerprint density at radius 2 is 1.67 bits per heavy atom. The average Bonchev–Trinajstić information content (AvgIpc) is 2.01. The lowest BCUT2D eigenvalue weighted by Crippen LogP contribution is -2.34. The highest BCUT2D eigenvalue weighted by Gasteiger charge is 2.27. The van der Waals surface area contributed by atoms with Crippen molar-refractivity contribution in [2.24, 2.45) is 0 Å². The van der Waals surface area contributed by atoms with Crippen LogP contribution < -0.4 is 0 Å². The van der Waals surface area contributed by atoms with E-state index in [1.54, 1.807) is 0 Å². The summed E-state index contributed by atoms with van der Waals surface area (Å²) >= 11 is 0. The second-order valence-electron chi connectivity index (χ2n) is 3.82. The van der Waals surface area contributed by atoms with Gasteiger partial charge in [0.15, 0.2) is 0 Å². The molecule has 0 aromatic carbocycles. The molecule has 72 valence electrons. The van der Waals surface area contributed by atoms with Gasteiger partial charge in [-0.05, 0) is 38.5 Å². The van der Waals surface area contributed by atoms with E-state index in [0.717, 1.165) is 25.7 Å². The van der Waals surface area contributed by atoms with E-state index in [2.05, 4.69) is 0 Å². The van der Waals surface area contributed by atoms with Gasteiger partial charge < -0.3 is 15.3 Å². The topological polar surface area (TPSA) is 60.7 Å². The van der Waals surface area contributed by atoms with Crippen LogP contribution in [0.1, 0.15) is 38.5 Å². The summed E-state index contributed by atoms with van der Waals surface area (Å²) in [7, 11) is 0. The maximum atomic E-state index is 9.74. The van der Waals surface area contributed by atoms with E-state index in [9.17, 15) is 10.2 Å². The van der Waals surface area contributed by atoms with Gasteiger partial charge in [-0.3, -0.25) is 0 Å². The van der Waals surface area contributed by atoms with Gasteiger partial charge in [0, 0.05) is 0 Å². The van der Waals surface area contributed by atoms with E-state index in [1.807, 2.05) is 0 Å². The summed E-state index contributed by atoms with van der Waals surface area (Å²) in [6.45, 7) is -0.150. The molecule has 0 unspecified atom stereocenters. The van der Waals surface area contributed by atoms with Gasteiger partial charge in [-0.1, -0.05) is 0 Å². The van der Waals surface area contributed by atoms with Crippen LogP contribution in [0.5, 0.6) is 0 Å². The standard InChI is InChI=1S/C9H18O3/c10-7-9(12)5-1-3-8(11)4-2-6-9/h8,10-12H,1-7H2. The second-order valence-corrected chi connectivity index (χ2v) is 3.82. The third kappa shape index (κ3) is 2.73. The molecule has 0 aromatic heterocycles. The van der Waals surface area contributed by atoms with Crippen LogP contribution in [0.15, 0.2) is 0 Å². The normalized spacial score (nSPS) is 38.8. The predicted molar refractivity (Wildman–Crippen MR) is 45.7 cm³/mol. The highest BCUT2D eigenvalue weighted by Crippen LogP contribution is 2.25. The molecule has 0 bridgehead atoms. The number of aliphatic hydroxyl groups excluding tert-OH is 2. The molecule has 1 fully saturated rings. The third-order valence-corrected chi connectivity index (χ3v) is 2.65. The smallest absolute Gasteiger partial charge is 0.0877 e. The monoisotopic (exact) mass is 174 g/mol. The Hall–Kier alpha value is -0.120. The molecule has 0 aromatic rings. The number of hydrogen-bond acceptors (Lipinski definition) is 3. The first kappa shape index (κ1) is 9.96. The predicted octanol–water partition coefficient (Wildman–Crippen LogP) is 0.425. The van der Waals surface area contributed by atoms with E-state index in [1.165, 1.54) is 0 Å². The van der Waals surface area contributed by atoms with Crippen molar-refractivity contribution < 1.29 is 15.3 Å².